The average molecular weight is 614 g/mol. The first kappa shape index (κ1) is 30.1. The van der Waals surface area contributed by atoms with E-state index in [1.807, 2.05) is 77.7 Å². The van der Waals surface area contributed by atoms with Crippen molar-refractivity contribution in [3.8, 4) is 0 Å². The van der Waals surface area contributed by atoms with Crippen LogP contribution in [0.2, 0.25) is 5.02 Å². The van der Waals surface area contributed by atoms with Crippen molar-refractivity contribution in [2.45, 2.75) is 49.3 Å². The van der Waals surface area contributed by atoms with Crippen molar-refractivity contribution in [3.05, 3.63) is 124 Å². The second kappa shape index (κ2) is 13.0. The molecule has 9 heteroatoms. The van der Waals surface area contributed by atoms with Gasteiger partial charge in [0.1, 0.15) is 17.9 Å². The first-order chi connectivity index (χ1) is 21.4. The summed E-state index contributed by atoms with van der Waals surface area (Å²) in [6.07, 6.45) is 3.96. The largest absolute Gasteiger partial charge is 0.466 e. The minimum absolute atomic E-state index is 0.0414. The third-order valence-electron chi connectivity index (χ3n) is 8.69. The Morgan fingerprint density at radius 2 is 1.68 bits per heavy atom. The van der Waals surface area contributed by atoms with E-state index in [1.54, 1.807) is 24.3 Å². The predicted molar refractivity (Wildman–Crippen MR) is 169 cm³/mol. The van der Waals surface area contributed by atoms with Gasteiger partial charge in [-0.1, -0.05) is 66.2 Å². The lowest BCUT2D eigenvalue weighted by Crippen LogP contribution is -2.51. The Kier molecular flexibility index (Phi) is 8.86. The molecule has 0 spiro atoms. The molecule has 2 bridgehead atoms. The van der Waals surface area contributed by atoms with Crippen molar-refractivity contribution >= 4 is 29.2 Å². The van der Waals surface area contributed by atoms with Crippen LogP contribution in [0, 0.1) is 0 Å². The van der Waals surface area contributed by atoms with Crippen LogP contribution in [-0.2, 0) is 20.7 Å². The van der Waals surface area contributed by atoms with Crippen molar-refractivity contribution in [1.82, 2.24) is 10.2 Å². The molecule has 4 unspecified atom stereocenters. The van der Waals surface area contributed by atoms with E-state index in [-0.39, 0.29) is 18.0 Å². The summed E-state index contributed by atoms with van der Waals surface area (Å²) in [6.45, 7) is 1.08. The lowest BCUT2D eigenvalue weighted by molar-refractivity contribution is -0.138. The Balaban J connectivity index is 1.23. The van der Waals surface area contributed by atoms with Crippen molar-refractivity contribution in [3.63, 3.8) is 0 Å². The zero-order valence-electron chi connectivity index (χ0n) is 24.5. The molecule has 3 aliphatic heterocycles. The van der Waals surface area contributed by atoms with E-state index in [1.165, 1.54) is 7.11 Å². The lowest BCUT2D eigenvalue weighted by atomic mass is 9.78. The van der Waals surface area contributed by atoms with Gasteiger partial charge >= 0.3 is 5.97 Å². The lowest BCUT2D eigenvalue weighted by Gasteiger charge is -2.36. The number of amides is 1. The van der Waals surface area contributed by atoms with Gasteiger partial charge in [0.05, 0.1) is 18.7 Å². The van der Waals surface area contributed by atoms with E-state index in [9.17, 15) is 14.7 Å². The van der Waals surface area contributed by atoms with E-state index < -0.39 is 23.9 Å². The molecule has 1 fully saturated rings. The van der Waals surface area contributed by atoms with Crippen LogP contribution in [0.25, 0.3) is 0 Å². The molecule has 1 amide bonds. The van der Waals surface area contributed by atoms with E-state index in [2.05, 4.69) is 10.6 Å². The topological polar surface area (TPSA) is 100 Å². The number of hydrogen-bond acceptors (Lipinski definition) is 7. The summed E-state index contributed by atoms with van der Waals surface area (Å²) in [4.78, 5) is 28.3. The number of aliphatic hydroxyl groups is 1. The number of anilines is 1. The van der Waals surface area contributed by atoms with E-state index in [0.717, 1.165) is 11.3 Å². The number of likely N-dealkylation sites (tertiary alicyclic amines) is 1. The number of ether oxygens (including phenoxy) is 2. The van der Waals surface area contributed by atoms with Gasteiger partial charge in [-0.2, -0.15) is 0 Å². The quantitative estimate of drug-likeness (QED) is 0.172. The molecule has 3 N–H and O–H groups in total. The average Bonchev–Trinajstić information content (AvgIpc) is 3.64. The minimum atomic E-state index is -1.16. The Bertz CT molecular complexity index is 1500. The Labute approximate surface area is 262 Å². The Morgan fingerprint density at radius 1 is 1.02 bits per heavy atom. The Morgan fingerprint density at radius 3 is 2.34 bits per heavy atom. The van der Waals surface area contributed by atoms with E-state index >= 15 is 0 Å². The zero-order chi connectivity index (χ0) is 30.7. The van der Waals surface area contributed by atoms with Gasteiger partial charge in [-0.3, -0.25) is 10.1 Å². The molecule has 4 atom stereocenters. The highest BCUT2D eigenvalue weighted by molar-refractivity contribution is 6.30. The number of aliphatic hydroxyl groups excluding tert-OH is 1. The van der Waals surface area contributed by atoms with E-state index in [0.29, 0.717) is 54.1 Å². The molecule has 228 valence electrons. The van der Waals surface area contributed by atoms with Crippen molar-refractivity contribution in [1.29, 1.82) is 0 Å². The molecule has 3 aliphatic rings. The normalized spacial score (nSPS) is 22.6. The van der Waals surface area contributed by atoms with Gasteiger partial charge < -0.3 is 24.8 Å². The number of halogens is 1. The maximum absolute atomic E-state index is 13.5. The number of nitrogens with one attached hydrogen (secondary N) is 2. The number of benzene rings is 3. The van der Waals surface area contributed by atoms with Crippen LogP contribution in [0.3, 0.4) is 0 Å². The number of esters is 1. The predicted octanol–water partition coefficient (Wildman–Crippen LogP) is 4.75. The summed E-state index contributed by atoms with van der Waals surface area (Å²) in [6, 6.07) is 26.3. The summed E-state index contributed by atoms with van der Waals surface area (Å²) in [5, 5.41) is 19.1. The molecule has 3 heterocycles. The van der Waals surface area contributed by atoms with Crippen LogP contribution in [0.5, 0.6) is 0 Å². The molecule has 0 saturated carbocycles. The van der Waals surface area contributed by atoms with Gasteiger partial charge in [0, 0.05) is 41.0 Å². The zero-order valence-corrected chi connectivity index (χ0v) is 25.2. The smallest absolute Gasteiger partial charge is 0.337 e. The van der Waals surface area contributed by atoms with Crippen LogP contribution in [0.4, 0.5) is 5.69 Å². The second-order valence-corrected chi connectivity index (χ2v) is 11.8. The third-order valence-corrected chi connectivity index (χ3v) is 8.94. The first-order valence-corrected chi connectivity index (χ1v) is 15.3. The molecule has 1 saturated heterocycles. The van der Waals surface area contributed by atoms with Crippen molar-refractivity contribution in [2.24, 2.45) is 0 Å². The maximum Gasteiger partial charge on any atom is 0.337 e. The maximum atomic E-state index is 13.5. The first-order valence-electron chi connectivity index (χ1n) is 14.9. The molecule has 44 heavy (non-hydrogen) atoms. The highest BCUT2D eigenvalue weighted by Crippen LogP contribution is 2.48. The standard InChI is InChI=1S/C35H36ClN3O5/c1-43-34(42)31-30(32(40)38-27-17-20-39(21-18-27)33(41)24-12-14-25(36)15-13-24)28-16-19-35(31,44-28)29(22-23-8-4-2-5-9-23)37-26-10-6-3-7-11-26/h2-16,19,27-29,32,37-38,40H,17-18,20-22H2,1H3. The number of piperidine rings is 1. The summed E-state index contributed by atoms with van der Waals surface area (Å²) in [5.41, 5.74) is 2.18. The van der Waals surface area contributed by atoms with Gasteiger partial charge in [0.25, 0.3) is 5.91 Å². The van der Waals surface area contributed by atoms with Gasteiger partial charge in [-0.15, -0.1) is 0 Å². The van der Waals surface area contributed by atoms with Crippen molar-refractivity contribution in [2.75, 3.05) is 25.5 Å². The van der Waals surface area contributed by atoms with Crippen molar-refractivity contribution < 1.29 is 24.2 Å². The Hall–Kier alpha value is -3.95. The van der Waals surface area contributed by atoms with Gasteiger partial charge in [-0.05, 0) is 67.3 Å². The van der Waals surface area contributed by atoms with Gasteiger partial charge in [0.15, 0.2) is 0 Å². The minimum Gasteiger partial charge on any atom is -0.466 e. The number of carbonyl (C=O) groups excluding carboxylic acids is 2. The monoisotopic (exact) mass is 613 g/mol. The fourth-order valence-electron chi connectivity index (χ4n) is 6.47. The summed E-state index contributed by atoms with van der Waals surface area (Å²) < 4.78 is 11.9. The fourth-order valence-corrected chi connectivity index (χ4v) is 6.60. The molecular formula is C35H36ClN3O5. The second-order valence-electron chi connectivity index (χ2n) is 11.4. The number of rotatable bonds is 10. The molecule has 8 nitrogen and oxygen atoms in total. The molecule has 0 aliphatic carbocycles. The summed E-state index contributed by atoms with van der Waals surface area (Å²) in [7, 11) is 1.35. The molecule has 6 rings (SSSR count). The summed E-state index contributed by atoms with van der Waals surface area (Å²) >= 11 is 5.98. The molecule has 3 aromatic rings. The SMILES string of the molecule is COC(=O)C1=C(C(O)NC2CCN(C(=O)c3ccc(Cl)cc3)CC2)C2C=CC1(C(Cc1ccccc1)Nc1ccccc1)O2. The number of nitrogens with zero attached hydrogens (tertiary/aromatic N) is 1. The number of hydrogen-bond donors (Lipinski definition) is 3. The molecule has 3 aromatic carbocycles. The van der Waals surface area contributed by atoms with Crippen LogP contribution in [0.1, 0.15) is 28.8 Å². The number of methoxy groups -OCH3 is 1. The number of para-hydroxylation sites is 1. The number of fused-ring (bicyclic) bond motifs is 2. The summed E-state index contributed by atoms with van der Waals surface area (Å²) in [5.74, 6) is -0.579. The number of carbonyl (C=O) groups is 2. The molecule has 0 aromatic heterocycles. The highest BCUT2D eigenvalue weighted by atomic mass is 35.5. The van der Waals surface area contributed by atoms with Crippen LogP contribution < -0.4 is 10.6 Å². The van der Waals surface area contributed by atoms with Gasteiger partial charge in [0.2, 0.25) is 0 Å². The van der Waals surface area contributed by atoms with Crippen LogP contribution in [-0.4, -0.2) is 72.1 Å². The van der Waals surface area contributed by atoms with Gasteiger partial charge in [-0.25, -0.2) is 4.79 Å². The third kappa shape index (κ3) is 6.03. The highest BCUT2D eigenvalue weighted by Gasteiger charge is 2.57. The molecular weight excluding hydrogens is 578 g/mol. The van der Waals surface area contributed by atoms with Crippen LogP contribution >= 0.6 is 11.6 Å². The van der Waals surface area contributed by atoms with Crippen LogP contribution in [0.15, 0.2) is 108 Å². The van der Waals surface area contributed by atoms with E-state index in [4.69, 9.17) is 21.1 Å². The fraction of sp³-hybridized carbons (Fsp3) is 0.314. The molecule has 0 radical (unpaired) electrons.